The molecule has 0 aromatic heterocycles. The second kappa shape index (κ2) is 1.91. The molecule has 2 aliphatic heterocycles. The molecule has 0 aromatic rings. The Bertz CT molecular complexity index is 346. The van der Waals surface area contributed by atoms with Gasteiger partial charge in [0.05, 0.1) is 17.1 Å². The van der Waals surface area contributed by atoms with Crippen LogP contribution in [0.2, 0.25) is 0 Å². The predicted molar refractivity (Wildman–Crippen MR) is 58.4 cm³/mol. The molecule has 0 N–H and O–H groups in total. The van der Waals surface area contributed by atoms with Crippen LogP contribution in [0.15, 0.2) is 0 Å². The van der Waals surface area contributed by atoms with Crippen LogP contribution in [0, 0.1) is 16.7 Å². The third-order valence-electron chi connectivity index (χ3n) is 6.00. The second-order valence-electron chi connectivity index (χ2n) is 7.27. The fraction of sp³-hybridized carbons (Fsp3) is 1.00. The van der Waals surface area contributed by atoms with Gasteiger partial charge in [-0.25, -0.2) is 0 Å². The van der Waals surface area contributed by atoms with Crippen LogP contribution >= 0.6 is 0 Å². The third-order valence-corrected chi connectivity index (χ3v) is 6.00. The first-order chi connectivity index (χ1) is 6.53. The molecule has 1 aliphatic carbocycles. The van der Waals surface area contributed by atoms with Crippen molar-refractivity contribution in [3.63, 3.8) is 0 Å². The molecular formula is C13H22O2. The van der Waals surface area contributed by atoms with Gasteiger partial charge in [-0.15, -0.1) is 0 Å². The van der Waals surface area contributed by atoms with E-state index >= 15 is 0 Å². The predicted octanol–water partition coefficient (Wildman–Crippen LogP) is 2.96. The Morgan fingerprint density at radius 2 is 1.33 bits per heavy atom. The Labute approximate surface area is 92.3 Å². The molecule has 3 atom stereocenters. The first-order valence-corrected chi connectivity index (χ1v) is 5.93. The normalized spacial score (nSPS) is 56.6. The van der Waals surface area contributed by atoms with E-state index in [0.717, 1.165) is 0 Å². The zero-order valence-corrected chi connectivity index (χ0v) is 10.9. The molecule has 3 aliphatic rings. The summed E-state index contributed by atoms with van der Waals surface area (Å²) in [5.41, 5.74) is 0.395. The van der Waals surface area contributed by atoms with Gasteiger partial charge in [-0.05, 0) is 20.8 Å². The van der Waals surface area contributed by atoms with Gasteiger partial charge in [0, 0.05) is 10.8 Å². The molecule has 3 fully saturated rings. The number of ether oxygens (including phenoxy) is 2. The summed E-state index contributed by atoms with van der Waals surface area (Å²) in [6.45, 7) is 15.6. The molecule has 15 heavy (non-hydrogen) atoms. The zero-order valence-electron chi connectivity index (χ0n) is 10.9. The molecule has 3 unspecified atom stereocenters. The molecule has 2 nitrogen and oxygen atoms in total. The molecule has 2 heteroatoms. The van der Waals surface area contributed by atoms with Crippen molar-refractivity contribution in [1.29, 1.82) is 0 Å². The van der Waals surface area contributed by atoms with E-state index in [9.17, 15) is 0 Å². The lowest BCUT2D eigenvalue weighted by Gasteiger charge is -2.70. The molecule has 0 radical (unpaired) electrons. The highest BCUT2D eigenvalue weighted by atomic mass is 16.8. The third kappa shape index (κ3) is 0.656. The minimum absolute atomic E-state index is 0.0625. The van der Waals surface area contributed by atoms with Crippen LogP contribution in [0.5, 0.6) is 0 Å². The standard InChI is InChI=1S/C13H22O2/c1-9(2)8-12(9,7)15-13(8)10(3,4)11(5,6)14-13/h8H,1-7H3. The van der Waals surface area contributed by atoms with Gasteiger partial charge < -0.3 is 9.47 Å². The summed E-state index contributed by atoms with van der Waals surface area (Å²) in [7, 11) is 0. The van der Waals surface area contributed by atoms with Crippen molar-refractivity contribution in [1.82, 2.24) is 0 Å². The van der Waals surface area contributed by atoms with Gasteiger partial charge in [0.25, 0.3) is 0 Å². The Morgan fingerprint density at radius 3 is 1.53 bits per heavy atom. The Hall–Kier alpha value is -0.0800. The number of hydrogen-bond donors (Lipinski definition) is 0. The van der Waals surface area contributed by atoms with E-state index < -0.39 is 0 Å². The van der Waals surface area contributed by atoms with Crippen molar-refractivity contribution in [2.45, 2.75) is 65.5 Å². The van der Waals surface area contributed by atoms with Crippen LogP contribution in [-0.2, 0) is 9.47 Å². The summed E-state index contributed by atoms with van der Waals surface area (Å²) < 4.78 is 12.3. The van der Waals surface area contributed by atoms with Crippen LogP contribution < -0.4 is 0 Å². The van der Waals surface area contributed by atoms with Gasteiger partial charge in [-0.3, -0.25) is 0 Å². The molecule has 86 valence electrons. The Morgan fingerprint density at radius 1 is 0.800 bits per heavy atom. The number of hydrogen-bond acceptors (Lipinski definition) is 2. The monoisotopic (exact) mass is 210 g/mol. The maximum atomic E-state index is 6.17. The molecule has 0 aromatic carbocycles. The second-order valence-corrected chi connectivity index (χ2v) is 7.27. The van der Waals surface area contributed by atoms with Crippen LogP contribution in [0.3, 0.4) is 0 Å². The van der Waals surface area contributed by atoms with Crippen molar-refractivity contribution in [2.24, 2.45) is 16.7 Å². The van der Waals surface area contributed by atoms with Crippen molar-refractivity contribution in [3.05, 3.63) is 0 Å². The molecule has 0 bridgehead atoms. The fourth-order valence-corrected chi connectivity index (χ4v) is 3.86. The molecule has 2 saturated heterocycles. The smallest absolute Gasteiger partial charge is 0.183 e. The van der Waals surface area contributed by atoms with Gasteiger partial charge in [0.1, 0.15) is 0 Å². The minimum atomic E-state index is -0.297. The van der Waals surface area contributed by atoms with E-state index in [2.05, 4.69) is 48.5 Å². The Balaban J connectivity index is 1.95. The van der Waals surface area contributed by atoms with Crippen LogP contribution in [0.1, 0.15) is 48.5 Å². The lowest BCUT2D eigenvalue weighted by molar-refractivity contribution is -0.513. The lowest BCUT2D eigenvalue weighted by Crippen LogP contribution is -2.79. The van der Waals surface area contributed by atoms with Gasteiger partial charge >= 0.3 is 0 Å². The summed E-state index contributed by atoms with van der Waals surface area (Å²) in [4.78, 5) is 0. The lowest BCUT2D eigenvalue weighted by atomic mass is 9.60. The number of rotatable bonds is 0. The van der Waals surface area contributed by atoms with Crippen molar-refractivity contribution in [3.8, 4) is 0 Å². The van der Waals surface area contributed by atoms with E-state index in [4.69, 9.17) is 9.47 Å². The van der Waals surface area contributed by atoms with Crippen molar-refractivity contribution >= 4 is 0 Å². The van der Waals surface area contributed by atoms with Crippen molar-refractivity contribution in [2.75, 3.05) is 0 Å². The van der Waals surface area contributed by atoms with Crippen molar-refractivity contribution < 1.29 is 9.47 Å². The highest BCUT2D eigenvalue weighted by Gasteiger charge is 2.94. The van der Waals surface area contributed by atoms with E-state index in [-0.39, 0.29) is 27.8 Å². The average Bonchev–Trinajstić information content (AvgIpc) is 2.34. The van der Waals surface area contributed by atoms with E-state index in [0.29, 0.717) is 5.92 Å². The summed E-state index contributed by atoms with van der Waals surface area (Å²) in [5.74, 6) is 0.273. The van der Waals surface area contributed by atoms with Crippen LogP contribution in [0.4, 0.5) is 0 Å². The highest BCUT2D eigenvalue weighted by Crippen LogP contribution is 2.85. The maximum absolute atomic E-state index is 6.17. The van der Waals surface area contributed by atoms with Crippen LogP contribution in [0.25, 0.3) is 0 Å². The van der Waals surface area contributed by atoms with E-state index in [1.165, 1.54) is 0 Å². The van der Waals surface area contributed by atoms with E-state index in [1.54, 1.807) is 0 Å². The topological polar surface area (TPSA) is 18.5 Å². The summed E-state index contributed by atoms with van der Waals surface area (Å²) >= 11 is 0. The maximum Gasteiger partial charge on any atom is 0.183 e. The first kappa shape index (κ1) is 10.1. The average molecular weight is 210 g/mol. The minimum Gasteiger partial charge on any atom is -0.342 e. The van der Waals surface area contributed by atoms with E-state index in [1.807, 2.05) is 0 Å². The largest absolute Gasteiger partial charge is 0.342 e. The molecule has 2 heterocycles. The molecule has 0 amide bonds. The Kier molecular flexibility index (Phi) is 1.28. The first-order valence-electron chi connectivity index (χ1n) is 5.93. The van der Waals surface area contributed by atoms with Gasteiger partial charge in [0.15, 0.2) is 5.79 Å². The quantitative estimate of drug-likeness (QED) is 0.612. The molecule has 3 rings (SSSR count). The summed E-state index contributed by atoms with van der Waals surface area (Å²) in [6, 6.07) is 0. The summed E-state index contributed by atoms with van der Waals surface area (Å²) in [6.07, 6.45) is 0. The van der Waals surface area contributed by atoms with Crippen LogP contribution in [-0.4, -0.2) is 17.0 Å². The fourth-order valence-electron chi connectivity index (χ4n) is 3.86. The molecular weight excluding hydrogens is 188 g/mol. The SMILES string of the molecule is CC1(C)OC2(OC3(C)C2C3(C)C)C1(C)C. The highest BCUT2D eigenvalue weighted by molar-refractivity contribution is 5.36. The van der Waals surface area contributed by atoms with Gasteiger partial charge in [-0.1, -0.05) is 27.7 Å². The van der Waals surface area contributed by atoms with Gasteiger partial charge in [0.2, 0.25) is 0 Å². The van der Waals surface area contributed by atoms with Gasteiger partial charge in [-0.2, -0.15) is 0 Å². The summed E-state index contributed by atoms with van der Waals surface area (Å²) in [5, 5.41) is 0. The molecule has 1 saturated carbocycles. The number of fused-ring (bicyclic) bond motifs is 2. The zero-order chi connectivity index (χ0) is 11.5. The molecule has 1 spiro atoms.